The van der Waals surface area contributed by atoms with E-state index < -0.39 is 0 Å². The average molecular weight is 370 g/mol. The van der Waals surface area contributed by atoms with Crippen molar-refractivity contribution in [1.29, 1.82) is 0 Å². The van der Waals surface area contributed by atoms with Gasteiger partial charge in [-0.15, -0.1) is 0 Å². The number of carbonyl (C=O) groups is 1. The zero-order valence-electron chi connectivity index (χ0n) is 16.3. The first kappa shape index (κ1) is 19.3. The summed E-state index contributed by atoms with van der Waals surface area (Å²) in [6.45, 7) is 3.65. The molecule has 0 radical (unpaired) electrons. The molecule has 0 unspecified atom stereocenters. The molecule has 0 spiro atoms. The van der Waals surface area contributed by atoms with Crippen LogP contribution in [0.4, 0.5) is 5.69 Å². The minimum Gasteiger partial charge on any atom is -0.360 e. The lowest BCUT2D eigenvalue weighted by molar-refractivity contribution is -0.120. The van der Waals surface area contributed by atoms with E-state index in [4.69, 9.17) is 0 Å². The van der Waals surface area contributed by atoms with Crippen LogP contribution in [0.2, 0.25) is 0 Å². The first-order valence-corrected chi connectivity index (χ1v) is 9.97. The maximum absolute atomic E-state index is 11.5. The number of nitrogens with zero attached hydrogens (tertiary/aromatic N) is 2. The van der Waals surface area contributed by atoms with Gasteiger partial charge >= 0.3 is 0 Å². The lowest BCUT2D eigenvalue weighted by Gasteiger charge is -2.28. The predicted molar refractivity (Wildman–Crippen MR) is 111 cm³/mol. The van der Waals surface area contributed by atoms with Gasteiger partial charge in [-0.25, -0.2) is 0 Å². The number of hydrogen-bond donors (Lipinski definition) is 3. The Labute approximate surface area is 162 Å². The number of allylic oxidation sites excluding steroid dienone is 1. The molecule has 6 heteroatoms. The Balaban J connectivity index is 1.42. The third kappa shape index (κ3) is 6.01. The van der Waals surface area contributed by atoms with E-state index in [1.54, 1.807) is 12.6 Å². The fraction of sp³-hybridized carbons (Fsp3) is 0.524. The van der Waals surface area contributed by atoms with Crippen LogP contribution in [0.1, 0.15) is 37.7 Å². The molecule has 1 saturated heterocycles. The van der Waals surface area contributed by atoms with E-state index in [9.17, 15) is 4.79 Å². The molecular formula is C21H31N5O. The highest BCUT2D eigenvalue weighted by Crippen LogP contribution is 2.19. The van der Waals surface area contributed by atoms with Crippen LogP contribution in [0, 0.1) is 0 Å². The summed E-state index contributed by atoms with van der Waals surface area (Å²) in [7, 11) is 1.81. The zero-order chi connectivity index (χ0) is 18.9. The molecule has 1 aliphatic heterocycles. The molecule has 3 N–H and O–H groups in total. The highest BCUT2D eigenvalue weighted by molar-refractivity contribution is 5.82. The maximum atomic E-state index is 11.5. The summed E-state index contributed by atoms with van der Waals surface area (Å²) in [6.07, 6.45) is 8.65. The number of guanidine groups is 1. The molecular weight excluding hydrogens is 338 g/mol. The van der Waals surface area contributed by atoms with Gasteiger partial charge in [-0.2, -0.15) is 0 Å². The van der Waals surface area contributed by atoms with Gasteiger partial charge in [0.1, 0.15) is 0 Å². The molecule has 0 saturated carbocycles. The number of aliphatic imine (C=N–C) groups is 1. The van der Waals surface area contributed by atoms with Crippen LogP contribution in [0.3, 0.4) is 0 Å². The molecule has 1 heterocycles. The van der Waals surface area contributed by atoms with Gasteiger partial charge in [0, 0.05) is 38.9 Å². The highest BCUT2D eigenvalue weighted by Gasteiger charge is 2.16. The van der Waals surface area contributed by atoms with E-state index in [0.29, 0.717) is 13.1 Å². The van der Waals surface area contributed by atoms with Crippen LogP contribution >= 0.6 is 0 Å². The normalized spacial score (nSPS) is 18.0. The fourth-order valence-electron chi connectivity index (χ4n) is 3.56. The molecule has 0 bridgehead atoms. The first-order chi connectivity index (χ1) is 13.2. The van der Waals surface area contributed by atoms with E-state index in [1.165, 1.54) is 31.2 Å². The van der Waals surface area contributed by atoms with Crippen molar-refractivity contribution < 1.29 is 4.79 Å². The first-order valence-electron chi connectivity index (χ1n) is 9.97. The lowest BCUT2D eigenvalue weighted by atomic mass is 9.97. The van der Waals surface area contributed by atoms with Crippen molar-refractivity contribution in [2.24, 2.45) is 4.99 Å². The molecule has 1 fully saturated rings. The number of benzene rings is 1. The second-order valence-electron chi connectivity index (χ2n) is 7.15. The number of nitrogens with one attached hydrogen (secondary N) is 3. The van der Waals surface area contributed by atoms with Gasteiger partial charge in [-0.1, -0.05) is 23.8 Å². The van der Waals surface area contributed by atoms with E-state index in [2.05, 4.69) is 56.2 Å². The molecule has 0 atom stereocenters. The topological polar surface area (TPSA) is 68.8 Å². The smallest absolute Gasteiger partial charge is 0.239 e. The van der Waals surface area contributed by atoms with Crippen LogP contribution in [0.5, 0.6) is 0 Å². The molecule has 2 aliphatic rings. The van der Waals surface area contributed by atoms with Gasteiger partial charge in [0.25, 0.3) is 0 Å². The Hall–Kier alpha value is -2.50. The van der Waals surface area contributed by atoms with Crippen molar-refractivity contribution in [3.8, 4) is 0 Å². The Morgan fingerprint density at radius 2 is 2.07 bits per heavy atom. The van der Waals surface area contributed by atoms with Crippen molar-refractivity contribution in [2.75, 3.05) is 38.1 Å². The van der Waals surface area contributed by atoms with Crippen molar-refractivity contribution in [1.82, 2.24) is 16.0 Å². The van der Waals surface area contributed by atoms with Crippen molar-refractivity contribution in [3.63, 3.8) is 0 Å². The van der Waals surface area contributed by atoms with E-state index in [1.807, 2.05) is 0 Å². The highest BCUT2D eigenvalue weighted by atomic mass is 16.2. The Kier molecular flexibility index (Phi) is 7.13. The summed E-state index contributed by atoms with van der Waals surface area (Å²) >= 11 is 0. The van der Waals surface area contributed by atoms with Crippen molar-refractivity contribution in [2.45, 2.75) is 38.6 Å². The summed E-state index contributed by atoms with van der Waals surface area (Å²) in [4.78, 5) is 17.9. The van der Waals surface area contributed by atoms with Gasteiger partial charge in [0.2, 0.25) is 5.91 Å². The molecule has 3 rings (SSSR count). The number of anilines is 1. The molecule has 0 aromatic heterocycles. The average Bonchev–Trinajstić information content (AvgIpc) is 2.72. The third-order valence-electron chi connectivity index (χ3n) is 5.15. The molecule has 1 aliphatic carbocycles. The molecule has 1 amide bonds. The van der Waals surface area contributed by atoms with Crippen LogP contribution in [0.25, 0.3) is 0 Å². The van der Waals surface area contributed by atoms with Crippen LogP contribution in [-0.4, -0.2) is 45.1 Å². The van der Waals surface area contributed by atoms with Crippen molar-refractivity contribution in [3.05, 3.63) is 41.5 Å². The molecule has 146 valence electrons. The van der Waals surface area contributed by atoms with Crippen LogP contribution in [0.15, 0.2) is 40.9 Å². The van der Waals surface area contributed by atoms with Gasteiger partial charge in [-0.05, 0) is 49.8 Å². The summed E-state index contributed by atoms with van der Waals surface area (Å²) in [5.41, 5.74) is 3.86. The Morgan fingerprint density at radius 3 is 2.78 bits per heavy atom. The quantitative estimate of drug-likeness (QED) is 0.408. The number of hydrogen-bond acceptors (Lipinski definition) is 3. The summed E-state index contributed by atoms with van der Waals surface area (Å²) in [6, 6.07) is 8.38. The summed E-state index contributed by atoms with van der Waals surface area (Å²) < 4.78 is 0. The van der Waals surface area contributed by atoms with Crippen LogP contribution < -0.4 is 20.9 Å². The molecule has 1 aromatic rings. The number of amides is 1. The SMILES string of the molecule is CN=C(NCCC1=CCCCC1)NCc1ccc(N2CCNC(=O)C2)cc1. The van der Waals surface area contributed by atoms with Gasteiger partial charge in [-0.3, -0.25) is 9.79 Å². The van der Waals surface area contributed by atoms with E-state index in [-0.39, 0.29) is 5.91 Å². The van der Waals surface area contributed by atoms with Gasteiger partial charge < -0.3 is 20.9 Å². The number of rotatable bonds is 6. The van der Waals surface area contributed by atoms with E-state index in [0.717, 1.165) is 37.7 Å². The zero-order valence-corrected chi connectivity index (χ0v) is 16.3. The molecule has 6 nitrogen and oxygen atoms in total. The van der Waals surface area contributed by atoms with Crippen molar-refractivity contribution >= 4 is 17.6 Å². The monoisotopic (exact) mass is 369 g/mol. The molecule has 1 aromatic carbocycles. The van der Waals surface area contributed by atoms with Gasteiger partial charge in [0.15, 0.2) is 5.96 Å². The lowest BCUT2D eigenvalue weighted by Crippen LogP contribution is -2.47. The van der Waals surface area contributed by atoms with E-state index >= 15 is 0 Å². The summed E-state index contributed by atoms with van der Waals surface area (Å²) in [5.74, 6) is 0.925. The summed E-state index contributed by atoms with van der Waals surface area (Å²) in [5, 5.41) is 9.63. The molecule has 27 heavy (non-hydrogen) atoms. The maximum Gasteiger partial charge on any atom is 0.239 e. The standard InChI is InChI=1S/C21H31N5O/c1-22-21(24-12-11-17-5-3-2-4-6-17)25-15-18-7-9-19(10-8-18)26-14-13-23-20(27)16-26/h5,7-10H,2-4,6,11-16H2,1H3,(H,23,27)(H2,22,24,25). The minimum atomic E-state index is 0.0888. The fourth-order valence-corrected chi connectivity index (χ4v) is 3.56. The predicted octanol–water partition coefficient (Wildman–Crippen LogP) is 2.18. The van der Waals surface area contributed by atoms with Crippen LogP contribution in [-0.2, 0) is 11.3 Å². The largest absolute Gasteiger partial charge is 0.360 e. The second kappa shape index (κ2) is 10.00. The minimum absolute atomic E-state index is 0.0888. The Morgan fingerprint density at radius 1 is 1.22 bits per heavy atom. The Bertz CT molecular complexity index is 680. The third-order valence-corrected chi connectivity index (χ3v) is 5.15. The van der Waals surface area contributed by atoms with Gasteiger partial charge in [0.05, 0.1) is 6.54 Å². The number of piperazine rings is 1. The number of carbonyl (C=O) groups excluding carboxylic acids is 1. The second-order valence-corrected chi connectivity index (χ2v) is 7.15.